The van der Waals surface area contributed by atoms with E-state index in [2.05, 4.69) is 172 Å². The fourth-order valence-electron chi connectivity index (χ4n) is 8.37. The number of aromatic nitrogens is 4. The van der Waals surface area contributed by atoms with Crippen LogP contribution in [0.2, 0.25) is 0 Å². The Kier molecular flexibility index (Phi) is 7.80. The van der Waals surface area contributed by atoms with Crippen molar-refractivity contribution in [1.29, 1.82) is 0 Å². The van der Waals surface area contributed by atoms with Gasteiger partial charge in [0.05, 0.1) is 40.0 Å². The molecule has 8 aromatic carbocycles. The Labute approximate surface area is 339 Å². The van der Waals surface area contributed by atoms with Crippen molar-refractivity contribution >= 4 is 49.3 Å². The highest BCUT2D eigenvalue weighted by molar-refractivity contribution is 6.12. The maximum absolute atomic E-state index is 7.32. The molecular weight excluding hydrogens is 707 g/mol. The topological polar surface area (TPSA) is 40.0 Å². The number of fused-ring (bicyclic) bond motifs is 6. The summed E-state index contributed by atoms with van der Waals surface area (Å²) >= 11 is 0. The third-order valence-electron chi connectivity index (χ3n) is 11.2. The van der Waals surface area contributed by atoms with Crippen LogP contribution in [0.1, 0.15) is 4.28 Å². The van der Waals surface area contributed by atoms with Crippen LogP contribution in [0.15, 0.2) is 200 Å². The van der Waals surface area contributed by atoms with Gasteiger partial charge in [-0.2, -0.15) is 0 Å². The van der Waals surface area contributed by atoms with Crippen LogP contribution in [0.4, 0.5) is 5.69 Å². The van der Waals surface area contributed by atoms with Gasteiger partial charge in [-0.3, -0.25) is 4.57 Å². The third kappa shape index (κ3) is 5.55. The molecule has 0 saturated heterocycles. The Hall–Kier alpha value is -8.07. The van der Waals surface area contributed by atoms with Gasteiger partial charge in [0.1, 0.15) is 0 Å². The molecule has 0 radical (unpaired) electrons. The smallest absolute Gasteiger partial charge is 0.235 e. The summed E-state index contributed by atoms with van der Waals surface area (Å²) in [4.78, 5) is 14.2. The molecule has 276 valence electrons. The van der Waals surface area contributed by atoms with E-state index >= 15 is 0 Å². The minimum atomic E-state index is 0. The van der Waals surface area contributed by atoms with Crippen molar-refractivity contribution in [2.75, 3.05) is 0 Å². The minimum absolute atomic E-state index is 0. The number of hydrogen-bond acceptors (Lipinski definition) is 2. The van der Waals surface area contributed by atoms with E-state index in [0.29, 0.717) is 11.6 Å². The Morgan fingerprint density at radius 2 is 0.845 bits per heavy atom. The molecule has 0 N–H and O–H groups in total. The lowest BCUT2D eigenvalue weighted by molar-refractivity contribution is 0.996. The van der Waals surface area contributed by atoms with Crippen molar-refractivity contribution in [1.82, 2.24) is 19.1 Å². The average Bonchev–Trinajstić information content (AvgIpc) is 3.82. The van der Waals surface area contributed by atoms with Crippen LogP contribution < -0.4 is 0 Å². The van der Waals surface area contributed by atoms with Gasteiger partial charge in [-0.25, -0.2) is 14.8 Å². The summed E-state index contributed by atoms with van der Waals surface area (Å²) in [6.07, 6.45) is 0. The lowest BCUT2D eigenvalue weighted by Gasteiger charge is -2.13. The van der Waals surface area contributed by atoms with E-state index in [0.717, 1.165) is 72.3 Å². The molecular formula is C53H39N5. The lowest BCUT2D eigenvalue weighted by Crippen LogP contribution is -2.04. The summed E-state index contributed by atoms with van der Waals surface area (Å²) in [5.41, 5.74) is 14.3. The van der Waals surface area contributed by atoms with E-state index in [1.165, 1.54) is 21.8 Å². The first-order valence-electron chi connectivity index (χ1n) is 19.4. The van der Waals surface area contributed by atoms with Gasteiger partial charge in [0.15, 0.2) is 5.69 Å². The molecule has 3 heterocycles. The molecule has 0 atom stereocenters. The molecule has 0 spiro atoms. The summed E-state index contributed by atoms with van der Waals surface area (Å²) < 4.78 is 4.57. The monoisotopic (exact) mass is 745 g/mol. The van der Waals surface area contributed by atoms with Crippen molar-refractivity contribution < 1.29 is 4.28 Å². The van der Waals surface area contributed by atoms with Gasteiger partial charge >= 0.3 is 0 Å². The minimum Gasteiger partial charge on any atom is -0.309 e. The highest BCUT2D eigenvalue weighted by atomic mass is 15.2. The van der Waals surface area contributed by atoms with Crippen LogP contribution in [0, 0.1) is 6.57 Å². The SMILES string of the molecule is [C-]#[N+]c1ccc(-c2ccc(-c3cc(-c4ccccc4)nc(-n4c5ccccc5c5ccc(-c6ccc7c(c6)c6ccccc6n7-c6ccccc6)cc54)n3)cc2)cc1.[HH].[HH].[HH]. The molecule has 58 heavy (non-hydrogen) atoms. The summed E-state index contributed by atoms with van der Waals surface area (Å²) in [6, 6.07) is 69.9. The largest absolute Gasteiger partial charge is 0.309 e. The Balaban J connectivity index is 0.00000171. The van der Waals surface area contributed by atoms with E-state index in [1.807, 2.05) is 42.5 Å². The van der Waals surface area contributed by atoms with E-state index in [9.17, 15) is 0 Å². The summed E-state index contributed by atoms with van der Waals surface area (Å²) in [6.45, 7) is 7.32. The van der Waals surface area contributed by atoms with E-state index in [4.69, 9.17) is 16.5 Å². The number of para-hydroxylation sites is 3. The van der Waals surface area contributed by atoms with Gasteiger partial charge in [-0.1, -0.05) is 152 Å². The van der Waals surface area contributed by atoms with Crippen molar-refractivity contribution in [2.45, 2.75) is 0 Å². The molecule has 0 unspecified atom stereocenters. The Morgan fingerprint density at radius 3 is 1.53 bits per heavy atom. The zero-order valence-corrected chi connectivity index (χ0v) is 31.3. The zero-order valence-electron chi connectivity index (χ0n) is 31.3. The van der Waals surface area contributed by atoms with E-state index in [1.54, 1.807) is 0 Å². The van der Waals surface area contributed by atoms with Crippen molar-refractivity contribution in [3.63, 3.8) is 0 Å². The first-order chi connectivity index (χ1) is 28.7. The molecule has 0 fully saturated rings. The van der Waals surface area contributed by atoms with Crippen LogP contribution in [-0.4, -0.2) is 19.1 Å². The van der Waals surface area contributed by atoms with Crippen molar-refractivity contribution in [3.05, 3.63) is 212 Å². The van der Waals surface area contributed by atoms with Gasteiger partial charge < -0.3 is 4.57 Å². The van der Waals surface area contributed by atoms with E-state index in [-0.39, 0.29) is 4.28 Å². The highest BCUT2D eigenvalue weighted by Gasteiger charge is 2.19. The maximum Gasteiger partial charge on any atom is 0.235 e. The molecule has 11 aromatic rings. The van der Waals surface area contributed by atoms with Gasteiger partial charge in [0.2, 0.25) is 5.95 Å². The number of rotatable bonds is 6. The maximum atomic E-state index is 7.32. The Morgan fingerprint density at radius 1 is 0.362 bits per heavy atom. The summed E-state index contributed by atoms with van der Waals surface area (Å²) in [5.74, 6) is 0.611. The van der Waals surface area contributed by atoms with Gasteiger partial charge in [0.25, 0.3) is 0 Å². The van der Waals surface area contributed by atoms with Crippen LogP contribution in [-0.2, 0) is 0 Å². The first-order valence-corrected chi connectivity index (χ1v) is 19.4. The van der Waals surface area contributed by atoms with Crippen LogP contribution in [0.25, 0.3) is 105 Å². The van der Waals surface area contributed by atoms with Crippen LogP contribution in [0.5, 0.6) is 0 Å². The number of nitrogens with zero attached hydrogens (tertiary/aromatic N) is 5. The zero-order chi connectivity index (χ0) is 38.6. The van der Waals surface area contributed by atoms with Crippen molar-refractivity contribution in [3.8, 4) is 56.4 Å². The Bertz CT molecular complexity index is 3390. The summed E-state index contributed by atoms with van der Waals surface area (Å²) in [7, 11) is 0. The molecule has 0 aliphatic rings. The van der Waals surface area contributed by atoms with Gasteiger partial charge in [-0.05, 0) is 70.8 Å². The summed E-state index contributed by atoms with van der Waals surface area (Å²) in [5, 5.41) is 4.73. The third-order valence-corrected chi connectivity index (χ3v) is 11.2. The van der Waals surface area contributed by atoms with Crippen molar-refractivity contribution in [2.24, 2.45) is 0 Å². The molecule has 0 aliphatic heterocycles. The average molecular weight is 746 g/mol. The predicted octanol–water partition coefficient (Wildman–Crippen LogP) is 14.6. The molecule has 11 rings (SSSR count). The van der Waals surface area contributed by atoms with Gasteiger partial charge in [0, 0.05) is 42.6 Å². The fraction of sp³-hybridized carbons (Fsp3) is 0. The molecule has 5 heteroatoms. The lowest BCUT2D eigenvalue weighted by atomic mass is 10.0. The molecule has 0 bridgehead atoms. The van der Waals surface area contributed by atoms with Gasteiger partial charge in [-0.15, -0.1) is 0 Å². The normalized spacial score (nSPS) is 11.4. The highest BCUT2D eigenvalue weighted by Crippen LogP contribution is 2.38. The van der Waals surface area contributed by atoms with E-state index < -0.39 is 0 Å². The van der Waals surface area contributed by atoms with Crippen LogP contribution >= 0.6 is 0 Å². The molecule has 0 saturated carbocycles. The second kappa shape index (κ2) is 13.6. The van der Waals surface area contributed by atoms with Crippen LogP contribution in [0.3, 0.4) is 0 Å². The second-order valence-corrected chi connectivity index (χ2v) is 14.5. The number of benzene rings is 8. The standard InChI is InChI=1S/C53H33N5.3H2/c1-54-41-28-24-36(25-29-41)35-20-22-38(23-21-35)48-34-47(37-12-4-2-5-13-37)55-53(56-48)58-50-19-11-8-16-43(50)45-30-26-40(33-52(45)58)39-27-31-51-46(32-39)44-17-9-10-18-49(44)57(51)42-14-6-3-7-15-42;;;/h2-34H;3*1H. The predicted molar refractivity (Wildman–Crippen MR) is 245 cm³/mol. The second-order valence-electron chi connectivity index (χ2n) is 14.5. The molecule has 5 nitrogen and oxygen atoms in total. The quantitative estimate of drug-likeness (QED) is 0.159. The fourth-order valence-corrected chi connectivity index (χ4v) is 8.37. The molecule has 0 amide bonds. The molecule has 3 aromatic heterocycles. The molecule has 0 aliphatic carbocycles. The number of hydrogen-bond donors (Lipinski definition) is 0. The first kappa shape index (κ1) is 33.3.